The number of carbonyl (C=O) groups excluding carboxylic acids is 1. The average Bonchev–Trinajstić information content (AvgIpc) is 2.09. The van der Waals surface area contributed by atoms with Crippen LogP contribution in [0, 0.1) is 0 Å². The van der Waals surface area contributed by atoms with Crippen LogP contribution < -0.4 is 0 Å². The SMILES string of the molecule is [2H]/C(C=O)=C\c1ccc(Cl)cc1. The molecule has 1 rings (SSSR count). The van der Waals surface area contributed by atoms with Crippen LogP contribution in [0.1, 0.15) is 6.93 Å². The number of benzene rings is 1. The van der Waals surface area contributed by atoms with E-state index in [0.717, 1.165) is 5.56 Å². The summed E-state index contributed by atoms with van der Waals surface area (Å²) in [7, 11) is 0. The maximum absolute atomic E-state index is 10.1. The lowest BCUT2D eigenvalue weighted by Crippen LogP contribution is -1.70. The highest BCUT2D eigenvalue weighted by Gasteiger charge is 1.85. The normalized spacial score (nSPS) is 12.5. The molecule has 0 aliphatic rings. The number of rotatable bonds is 2. The molecule has 0 heterocycles. The molecule has 1 nitrogen and oxygen atoms in total. The first-order valence-electron chi connectivity index (χ1n) is 3.61. The van der Waals surface area contributed by atoms with Gasteiger partial charge >= 0.3 is 0 Å². The minimum Gasteiger partial charge on any atom is -0.299 e. The molecule has 0 aliphatic heterocycles. The fraction of sp³-hybridized carbons (Fsp3) is 0. The van der Waals surface area contributed by atoms with E-state index in [4.69, 9.17) is 13.0 Å². The lowest BCUT2D eigenvalue weighted by molar-refractivity contribution is -0.104. The van der Waals surface area contributed by atoms with Crippen LogP contribution in [0.4, 0.5) is 0 Å². The van der Waals surface area contributed by atoms with Gasteiger partial charge in [0.15, 0.2) is 0 Å². The molecule has 0 unspecified atom stereocenters. The Morgan fingerprint density at radius 2 is 2.00 bits per heavy atom. The number of allylic oxidation sites excluding steroid dienone is 1. The molecule has 0 N–H and O–H groups in total. The smallest absolute Gasteiger partial charge is 0.142 e. The molecular weight excluding hydrogens is 160 g/mol. The second kappa shape index (κ2) is 3.94. The summed E-state index contributed by atoms with van der Waals surface area (Å²) in [5.41, 5.74) is 0.802. The van der Waals surface area contributed by atoms with Crippen molar-refractivity contribution in [1.82, 2.24) is 0 Å². The second-order valence-corrected chi connectivity index (χ2v) is 2.42. The summed E-state index contributed by atoms with van der Waals surface area (Å²) in [5, 5.41) is 0.643. The minimum atomic E-state index is -0.0441. The monoisotopic (exact) mass is 167 g/mol. The summed E-state index contributed by atoms with van der Waals surface area (Å²) >= 11 is 5.64. The molecule has 0 radical (unpaired) electrons. The first-order valence-corrected chi connectivity index (χ1v) is 3.49. The highest BCUT2D eigenvalue weighted by molar-refractivity contribution is 6.30. The van der Waals surface area contributed by atoms with Gasteiger partial charge in [-0.15, -0.1) is 0 Å². The van der Waals surface area contributed by atoms with Crippen LogP contribution in [0.3, 0.4) is 0 Å². The first kappa shape index (κ1) is 6.62. The number of carbonyl (C=O) groups is 1. The van der Waals surface area contributed by atoms with E-state index in [9.17, 15) is 4.79 Å². The Morgan fingerprint density at radius 1 is 1.36 bits per heavy atom. The van der Waals surface area contributed by atoms with Crippen LogP contribution in [-0.4, -0.2) is 6.29 Å². The topological polar surface area (TPSA) is 17.1 Å². The van der Waals surface area contributed by atoms with Gasteiger partial charge in [0, 0.05) is 5.02 Å². The van der Waals surface area contributed by atoms with E-state index in [-0.39, 0.29) is 6.05 Å². The van der Waals surface area contributed by atoms with Gasteiger partial charge < -0.3 is 0 Å². The van der Waals surface area contributed by atoms with E-state index < -0.39 is 0 Å². The van der Waals surface area contributed by atoms with Gasteiger partial charge in [-0.2, -0.15) is 0 Å². The summed E-state index contributed by atoms with van der Waals surface area (Å²) in [6, 6.07) is 6.88. The Kier molecular flexibility index (Phi) is 2.37. The van der Waals surface area contributed by atoms with Crippen molar-refractivity contribution >= 4 is 24.0 Å². The molecular formula is C9H7ClO. The zero-order valence-electron chi connectivity index (χ0n) is 6.75. The molecule has 0 fully saturated rings. The summed E-state index contributed by atoms with van der Waals surface area (Å²) in [6.07, 6.45) is 1.97. The van der Waals surface area contributed by atoms with Crippen LogP contribution >= 0.6 is 11.6 Å². The molecule has 0 amide bonds. The van der Waals surface area contributed by atoms with Gasteiger partial charge in [-0.05, 0) is 23.7 Å². The van der Waals surface area contributed by atoms with Gasteiger partial charge in [-0.3, -0.25) is 4.79 Å². The van der Waals surface area contributed by atoms with Crippen molar-refractivity contribution in [1.29, 1.82) is 0 Å². The Morgan fingerprint density at radius 3 is 2.55 bits per heavy atom. The third-order valence-electron chi connectivity index (χ3n) is 1.19. The zero-order valence-corrected chi connectivity index (χ0v) is 6.51. The number of hydrogen-bond donors (Lipinski definition) is 0. The van der Waals surface area contributed by atoms with Crippen molar-refractivity contribution in [2.45, 2.75) is 0 Å². The largest absolute Gasteiger partial charge is 0.299 e. The molecule has 1 aromatic carbocycles. The highest BCUT2D eigenvalue weighted by Crippen LogP contribution is 2.09. The van der Waals surface area contributed by atoms with Crippen molar-refractivity contribution in [3.05, 3.63) is 40.9 Å². The van der Waals surface area contributed by atoms with E-state index >= 15 is 0 Å². The summed E-state index contributed by atoms with van der Waals surface area (Å²) in [4.78, 5) is 10.1. The molecule has 0 aromatic heterocycles. The van der Waals surface area contributed by atoms with Crippen molar-refractivity contribution in [3.63, 3.8) is 0 Å². The fourth-order valence-electron chi connectivity index (χ4n) is 0.689. The maximum atomic E-state index is 10.1. The lowest BCUT2D eigenvalue weighted by atomic mass is 10.2. The van der Waals surface area contributed by atoms with Crippen molar-refractivity contribution in [2.75, 3.05) is 0 Å². The lowest BCUT2D eigenvalue weighted by Gasteiger charge is -1.90. The van der Waals surface area contributed by atoms with Crippen LogP contribution in [0.25, 0.3) is 6.08 Å². The summed E-state index contributed by atoms with van der Waals surface area (Å²) in [5.74, 6) is 0. The van der Waals surface area contributed by atoms with Crippen molar-refractivity contribution < 1.29 is 6.17 Å². The molecule has 0 saturated heterocycles. The summed E-state index contributed by atoms with van der Waals surface area (Å²) in [6.45, 7) is 0. The van der Waals surface area contributed by atoms with E-state index in [2.05, 4.69) is 0 Å². The first-order chi connectivity index (χ1) is 5.72. The van der Waals surface area contributed by atoms with Crippen molar-refractivity contribution in [3.8, 4) is 0 Å². The van der Waals surface area contributed by atoms with Crippen LogP contribution in [0.15, 0.2) is 30.3 Å². The third-order valence-corrected chi connectivity index (χ3v) is 1.44. The minimum absolute atomic E-state index is 0.0441. The Bertz CT molecular complexity index is 303. The standard InChI is InChI=1S/C9H7ClO/c10-9-5-3-8(4-6-9)2-1-7-11/h1-7H/b2-1+/i1D. The molecule has 0 saturated carbocycles. The predicted octanol–water partition coefficient (Wildman–Crippen LogP) is 2.55. The van der Waals surface area contributed by atoms with Gasteiger partial charge in [-0.25, -0.2) is 0 Å². The van der Waals surface area contributed by atoms with Gasteiger partial charge in [0.2, 0.25) is 0 Å². The second-order valence-electron chi connectivity index (χ2n) is 1.98. The molecule has 2 heteroatoms. The van der Waals surface area contributed by atoms with Crippen LogP contribution in [-0.2, 0) is 4.79 Å². The Hall–Kier alpha value is -1.08. The quantitative estimate of drug-likeness (QED) is 0.489. The van der Waals surface area contributed by atoms with Gasteiger partial charge in [0.05, 0.1) is 1.37 Å². The predicted molar refractivity (Wildman–Crippen MR) is 46.6 cm³/mol. The highest BCUT2D eigenvalue weighted by atomic mass is 35.5. The van der Waals surface area contributed by atoms with Crippen LogP contribution in [0.5, 0.6) is 0 Å². The van der Waals surface area contributed by atoms with Crippen molar-refractivity contribution in [2.24, 2.45) is 0 Å². The molecule has 11 heavy (non-hydrogen) atoms. The number of halogens is 1. The molecule has 0 atom stereocenters. The van der Waals surface area contributed by atoms with E-state index in [1.165, 1.54) is 6.08 Å². The maximum Gasteiger partial charge on any atom is 0.142 e. The molecule has 56 valence electrons. The molecule has 1 aromatic rings. The van der Waals surface area contributed by atoms with Gasteiger partial charge in [-0.1, -0.05) is 29.8 Å². The Labute approximate surface area is 71.7 Å². The number of aldehydes is 1. The van der Waals surface area contributed by atoms with E-state index in [1.807, 2.05) is 0 Å². The van der Waals surface area contributed by atoms with E-state index in [0.29, 0.717) is 11.3 Å². The fourth-order valence-corrected chi connectivity index (χ4v) is 0.815. The number of hydrogen-bond acceptors (Lipinski definition) is 1. The molecule has 0 aliphatic carbocycles. The van der Waals surface area contributed by atoms with Crippen LogP contribution in [0.2, 0.25) is 5.02 Å². The molecule has 0 bridgehead atoms. The van der Waals surface area contributed by atoms with Gasteiger partial charge in [0.1, 0.15) is 6.29 Å². The zero-order chi connectivity index (χ0) is 8.97. The summed E-state index contributed by atoms with van der Waals surface area (Å²) < 4.78 is 7.07. The molecule has 0 spiro atoms. The third kappa shape index (κ3) is 2.56. The van der Waals surface area contributed by atoms with Gasteiger partial charge in [0.25, 0.3) is 0 Å². The Balaban J connectivity index is 2.91. The average molecular weight is 168 g/mol. The van der Waals surface area contributed by atoms with E-state index in [1.54, 1.807) is 24.3 Å².